The maximum Gasteiger partial charge on any atom is 0.234 e. The Kier molecular flexibility index (Phi) is 7.04. The number of aromatic nitrogens is 3. The van der Waals surface area contributed by atoms with E-state index in [4.69, 9.17) is 4.74 Å². The fourth-order valence-electron chi connectivity index (χ4n) is 2.73. The van der Waals surface area contributed by atoms with E-state index in [0.717, 1.165) is 57.2 Å². The number of H-pyrrole nitrogens is 1. The fourth-order valence-corrected chi connectivity index (χ4v) is 3.35. The van der Waals surface area contributed by atoms with Gasteiger partial charge in [-0.15, -0.1) is 5.10 Å². The number of ether oxygens (including phenoxy) is 1. The van der Waals surface area contributed by atoms with Gasteiger partial charge in [0, 0.05) is 31.7 Å². The minimum atomic E-state index is -0.0576. The summed E-state index contributed by atoms with van der Waals surface area (Å²) in [5.74, 6) is 1.10. The number of rotatable bonds is 8. The summed E-state index contributed by atoms with van der Waals surface area (Å²) in [5.41, 5.74) is 2.05. The molecule has 0 spiro atoms. The molecule has 3 rings (SSSR count). The van der Waals surface area contributed by atoms with Crippen LogP contribution in [0.3, 0.4) is 0 Å². The van der Waals surface area contributed by atoms with Gasteiger partial charge in [-0.05, 0) is 24.1 Å². The summed E-state index contributed by atoms with van der Waals surface area (Å²) in [7, 11) is 0. The molecule has 1 amide bonds. The Bertz CT molecular complexity index is 698. The highest BCUT2D eigenvalue weighted by molar-refractivity contribution is 7.99. The van der Waals surface area contributed by atoms with Crippen LogP contribution in [0.25, 0.3) is 0 Å². The molecule has 1 fully saturated rings. The van der Waals surface area contributed by atoms with E-state index in [1.807, 2.05) is 12.1 Å². The average molecular weight is 375 g/mol. The third-order valence-corrected chi connectivity index (χ3v) is 4.93. The Morgan fingerprint density at radius 1 is 1.31 bits per heavy atom. The number of benzene rings is 1. The minimum absolute atomic E-state index is 0.0576. The van der Waals surface area contributed by atoms with E-state index in [-0.39, 0.29) is 5.91 Å². The Hall–Kier alpha value is -1.90. The molecule has 1 aliphatic heterocycles. The van der Waals surface area contributed by atoms with E-state index in [2.05, 4.69) is 44.5 Å². The number of carbonyl (C=O) groups excluding carboxylic acids is 1. The molecule has 2 N–H and O–H groups in total. The number of nitrogens with one attached hydrogen (secondary N) is 2. The summed E-state index contributed by atoms with van der Waals surface area (Å²) < 4.78 is 5.37. The fraction of sp³-hybridized carbons (Fsp3) is 0.500. The lowest BCUT2D eigenvalue weighted by Gasteiger charge is -2.26. The first kappa shape index (κ1) is 18.9. The first-order valence-electron chi connectivity index (χ1n) is 8.96. The number of hydrogen-bond donors (Lipinski definition) is 2. The van der Waals surface area contributed by atoms with Gasteiger partial charge in [-0.25, -0.2) is 4.98 Å². The van der Waals surface area contributed by atoms with Crippen LogP contribution in [0.1, 0.15) is 24.7 Å². The summed E-state index contributed by atoms with van der Waals surface area (Å²) in [6.07, 6.45) is 1.89. The van der Waals surface area contributed by atoms with E-state index < -0.39 is 0 Å². The maximum absolute atomic E-state index is 12.1. The van der Waals surface area contributed by atoms with E-state index >= 15 is 0 Å². The number of aromatic amines is 1. The van der Waals surface area contributed by atoms with Crippen molar-refractivity contribution >= 4 is 23.4 Å². The predicted octanol–water partition coefficient (Wildman–Crippen LogP) is 2.32. The molecule has 2 heterocycles. The van der Waals surface area contributed by atoms with Crippen LogP contribution in [0, 0.1) is 0 Å². The number of thioether (sulfide) groups is 1. The highest BCUT2D eigenvalue weighted by atomic mass is 32.2. The van der Waals surface area contributed by atoms with Gasteiger partial charge in [0.1, 0.15) is 5.82 Å². The smallest absolute Gasteiger partial charge is 0.234 e. The molecular formula is C18H25N5O2S. The largest absolute Gasteiger partial charge is 0.379 e. The van der Waals surface area contributed by atoms with Crippen LogP contribution in [0.5, 0.6) is 0 Å². The maximum atomic E-state index is 12.1. The van der Waals surface area contributed by atoms with Crippen molar-refractivity contribution in [3.63, 3.8) is 0 Å². The number of hydrogen-bond acceptors (Lipinski definition) is 6. The first-order valence-corrected chi connectivity index (χ1v) is 9.94. The highest BCUT2D eigenvalue weighted by Crippen LogP contribution is 2.15. The Balaban J connectivity index is 1.43. The second-order valence-corrected chi connectivity index (χ2v) is 7.18. The molecule has 1 aliphatic rings. The summed E-state index contributed by atoms with van der Waals surface area (Å²) in [6.45, 7) is 6.55. The van der Waals surface area contributed by atoms with Crippen molar-refractivity contribution in [3.05, 3.63) is 35.7 Å². The van der Waals surface area contributed by atoms with Crippen molar-refractivity contribution in [1.29, 1.82) is 0 Å². The molecule has 0 saturated carbocycles. The van der Waals surface area contributed by atoms with E-state index in [9.17, 15) is 4.79 Å². The average Bonchev–Trinajstić information content (AvgIpc) is 3.10. The molecule has 0 unspecified atom stereocenters. The van der Waals surface area contributed by atoms with Gasteiger partial charge >= 0.3 is 0 Å². The molecule has 0 atom stereocenters. The van der Waals surface area contributed by atoms with E-state index in [1.165, 1.54) is 17.3 Å². The summed E-state index contributed by atoms with van der Waals surface area (Å²) in [6, 6.07) is 8.02. The van der Waals surface area contributed by atoms with Crippen molar-refractivity contribution in [1.82, 2.24) is 20.1 Å². The van der Waals surface area contributed by atoms with Gasteiger partial charge < -0.3 is 10.1 Å². The number of morpholine rings is 1. The quantitative estimate of drug-likeness (QED) is 0.689. The van der Waals surface area contributed by atoms with Crippen molar-refractivity contribution in [2.24, 2.45) is 0 Å². The molecule has 26 heavy (non-hydrogen) atoms. The van der Waals surface area contributed by atoms with Gasteiger partial charge in [-0.3, -0.25) is 14.8 Å². The van der Waals surface area contributed by atoms with Crippen LogP contribution in [-0.4, -0.2) is 58.0 Å². The van der Waals surface area contributed by atoms with Gasteiger partial charge in [-0.1, -0.05) is 30.8 Å². The molecule has 7 nitrogen and oxygen atoms in total. The van der Waals surface area contributed by atoms with Gasteiger partial charge in [0.15, 0.2) is 0 Å². The third-order valence-electron chi connectivity index (χ3n) is 4.08. The number of aryl methyl sites for hydroxylation is 1. The molecular weight excluding hydrogens is 350 g/mol. The molecule has 8 heteroatoms. The number of nitrogens with zero attached hydrogens (tertiary/aromatic N) is 3. The van der Waals surface area contributed by atoms with Gasteiger partial charge in [0.05, 0.1) is 19.0 Å². The molecule has 1 aromatic heterocycles. The van der Waals surface area contributed by atoms with Crippen LogP contribution in [0.4, 0.5) is 5.69 Å². The van der Waals surface area contributed by atoms with E-state index in [1.54, 1.807) is 0 Å². The zero-order chi connectivity index (χ0) is 18.2. The van der Waals surface area contributed by atoms with Crippen molar-refractivity contribution in [2.75, 3.05) is 37.4 Å². The predicted molar refractivity (Wildman–Crippen MR) is 102 cm³/mol. The van der Waals surface area contributed by atoms with E-state index in [0.29, 0.717) is 10.9 Å². The van der Waals surface area contributed by atoms with Crippen LogP contribution in [0.2, 0.25) is 0 Å². The van der Waals surface area contributed by atoms with Gasteiger partial charge in [0.2, 0.25) is 11.1 Å². The highest BCUT2D eigenvalue weighted by Gasteiger charge is 2.11. The van der Waals surface area contributed by atoms with Crippen LogP contribution < -0.4 is 5.32 Å². The third kappa shape index (κ3) is 5.82. The Morgan fingerprint density at radius 3 is 2.81 bits per heavy atom. The number of carbonyl (C=O) groups is 1. The summed E-state index contributed by atoms with van der Waals surface area (Å²) >= 11 is 1.34. The lowest BCUT2D eigenvalue weighted by Crippen LogP contribution is -2.35. The van der Waals surface area contributed by atoms with Gasteiger partial charge in [0.25, 0.3) is 0 Å². The molecule has 0 bridgehead atoms. The molecule has 2 aromatic rings. The van der Waals surface area contributed by atoms with Gasteiger partial charge in [-0.2, -0.15) is 0 Å². The normalized spacial score (nSPS) is 15.1. The zero-order valence-corrected chi connectivity index (χ0v) is 15.8. The van der Waals surface area contributed by atoms with Crippen LogP contribution >= 0.6 is 11.8 Å². The lowest BCUT2D eigenvalue weighted by atomic mass is 10.2. The molecule has 140 valence electrons. The molecule has 1 aromatic carbocycles. The molecule has 0 aliphatic carbocycles. The second kappa shape index (κ2) is 9.70. The van der Waals surface area contributed by atoms with Crippen molar-refractivity contribution in [3.8, 4) is 0 Å². The number of amides is 1. The van der Waals surface area contributed by atoms with Crippen LogP contribution in [-0.2, 0) is 22.5 Å². The monoisotopic (exact) mass is 375 g/mol. The van der Waals surface area contributed by atoms with Crippen LogP contribution in [0.15, 0.2) is 29.4 Å². The topological polar surface area (TPSA) is 83.1 Å². The van der Waals surface area contributed by atoms with Crippen molar-refractivity contribution in [2.45, 2.75) is 31.5 Å². The SMILES string of the molecule is CCCc1nc(SCC(=O)Nc2ccc(CN3CCOCC3)cc2)n[nH]1. The second-order valence-electron chi connectivity index (χ2n) is 6.24. The molecule has 1 saturated heterocycles. The number of anilines is 1. The summed E-state index contributed by atoms with van der Waals surface area (Å²) in [5, 5.41) is 10.5. The molecule has 0 radical (unpaired) electrons. The Labute approximate surface area is 157 Å². The minimum Gasteiger partial charge on any atom is -0.379 e. The first-order chi connectivity index (χ1) is 12.7. The lowest BCUT2D eigenvalue weighted by molar-refractivity contribution is -0.113. The van der Waals surface area contributed by atoms with Crippen molar-refractivity contribution < 1.29 is 9.53 Å². The Morgan fingerprint density at radius 2 is 2.08 bits per heavy atom. The standard InChI is InChI=1S/C18H25N5O2S/c1-2-3-16-20-18(22-21-16)26-13-17(24)19-15-6-4-14(5-7-15)12-23-8-10-25-11-9-23/h4-7H,2-3,8-13H2,1H3,(H,19,24)(H,20,21,22). The summed E-state index contributed by atoms with van der Waals surface area (Å²) in [4.78, 5) is 18.8. The zero-order valence-electron chi connectivity index (χ0n) is 15.0.